The lowest BCUT2D eigenvalue weighted by Crippen LogP contribution is -2.15. The Morgan fingerprint density at radius 3 is 2.80 bits per heavy atom. The van der Waals surface area contributed by atoms with Gasteiger partial charge in [0.15, 0.2) is 16.7 Å². The number of thioether (sulfide) groups is 1. The summed E-state index contributed by atoms with van der Waals surface area (Å²) in [5.41, 5.74) is 1.78. The molecule has 0 fully saturated rings. The minimum atomic E-state index is -0.798. The van der Waals surface area contributed by atoms with Crippen molar-refractivity contribution >= 4 is 28.8 Å². The number of rotatable bonds is 4. The first-order chi connectivity index (χ1) is 9.65. The van der Waals surface area contributed by atoms with Crippen LogP contribution >= 0.6 is 11.8 Å². The van der Waals surface area contributed by atoms with Crippen LogP contribution in [0, 0.1) is 0 Å². The van der Waals surface area contributed by atoms with Crippen molar-refractivity contribution in [2.45, 2.75) is 11.6 Å². The summed E-state index contributed by atoms with van der Waals surface area (Å²) in [6.07, 6.45) is 0.122. The Morgan fingerprint density at radius 1 is 1.40 bits per heavy atom. The second kappa shape index (κ2) is 5.24. The smallest absolute Gasteiger partial charge is 0.304 e. The van der Waals surface area contributed by atoms with Gasteiger partial charge in [0.2, 0.25) is 0 Å². The molecule has 6 nitrogen and oxygen atoms in total. The summed E-state index contributed by atoms with van der Waals surface area (Å²) in [5, 5.41) is 9.47. The lowest BCUT2D eigenvalue weighted by molar-refractivity contribution is -0.136. The van der Waals surface area contributed by atoms with E-state index in [0.29, 0.717) is 24.7 Å². The van der Waals surface area contributed by atoms with E-state index in [1.54, 1.807) is 0 Å². The fraction of sp³-hybridized carbons (Fsp3) is 0.385. The van der Waals surface area contributed by atoms with Gasteiger partial charge in [-0.15, -0.1) is 0 Å². The Bertz CT molecular complexity index is 668. The van der Waals surface area contributed by atoms with Gasteiger partial charge in [-0.3, -0.25) is 4.79 Å². The van der Waals surface area contributed by atoms with Gasteiger partial charge >= 0.3 is 5.97 Å². The molecule has 0 saturated carbocycles. The highest BCUT2D eigenvalue weighted by Crippen LogP contribution is 2.35. The molecule has 0 aliphatic carbocycles. The predicted molar refractivity (Wildman–Crippen MR) is 74.7 cm³/mol. The summed E-state index contributed by atoms with van der Waals surface area (Å²) in [6.45, 7) is 1.10. The molecule has 0 radical (unpaired) electrons. The Labute approximate surface area is 119 Å². The second-order valence-electron chi connectivity index (χ2n) is 4.43. The molecule has 1 aromatic heterocycles. The Morgan fingerprint density at radius 2 is 2.10 bits per heavy atom. The van der Waals surface area contributed by atoms with E-state index < -0.39 is 5.97 Å². The van der Waals surface area contributed by atoms with Crippen LogP contribution in [0.4, 0.5) is 0 Å². The van der Waals surface area contributed by atoms with Crippen LogP contribution in [0.3, 0.4) is 0 Å². The average Bonchev–Trinajstić information content (AvgIpc) is 2.73. The van der Waals surface area contributed by atoms with Crippen molar-refractivity contribution in [3.8, 4) is 11.5 Å². The molecule has 0 unspecified atom stereocenters. The zero-order chi connectivity index (χ0) is 14.1. The third kappa shape index (κ3) is 2.40. The first kappa shape index (κ1) is 13.1. The third-order valence-electron chi connectivity index (χ3n) is 3.05. The Kier molecular flexibility index (Phi) is 3.43. The topological polar surface area (TPSA) is 73.6 Å². The molecule has 7 heteroatoms. The third-order valence-corrected chi connectivity index (χ3v) is 4.08. The molecule has 0 atom stereocenters. The number of hydrogen-bond acceptors (Lipinski definition) is 5. The number of ether oxygens (including phenoxy) is 2. The molecular weight excluding hydrogens is 280 g/mol. The SMILES string of the molecule is Cn1c(SCCC(=O)O)nc2cc3c(cc21)OCCO3. The molecule has 2 aromatic rings. The summed E-state index contributed by atoms with van der Waals surface area (Å²) in [7, 11) is 1.91. The van der Waals surface area contributed by atoms with Crippen LogP contribution in [0.1, 0.15) is 6.42 Å². The number of benzene rings is 1. The summed E-state index contributed by atoms with van der Waals surface area (Å²) < 4.78 is 13.0. The zero-order valence-corrected chi connectivity index (χ0v) is 11.8. The van der Waals surface area contributed by atoms with Gasteiger partial charge in [-0.1, -0.05) is 11.8 Å². The van der Waals surface area contributed by atoms with Gasteiger partial charge in [0, 0.05) is 24.9 Å². The van der Waals surface area contributed by atoms with Gasteiger partial charge in [-0.25, -0.2) is 4.98 Å². The number of imidazole rings is 1. The van der Waals surface area contributed by atoms with Gasteiger partial charge < -0.3 is 19.1 Å². The summed E-state index contributed by atoms with van der Waals surface area (Å²) in [5.74, 6) is 1.14. The van der Waals surface area contributed by atoms with Crippen molar-refractivity contribution in [1.82, 2.24) is 9.55 Å². The number of hydrogen-bond donors (Lipinski definition) is 1. The molecule has 0 bridgehead atoms. The largest absolute Gasteiger partial charge is 0.486 e. The normalized spacial score (nSPS) is 13.7. The van der Waals surface area contributed by atoms with Gasteiger partial charge in [-0.05, 0) is 0 Å². The van der Waals surface area contributed by atoms with Crippen molar-refractivity contribution < 1.29 is 19.4 Å². The van der Waals surface area contributed by atoms with E-state index in [9.17, 15) is 4.79 Å². The number of aryl methyl sites for hydroxylation is 1. The van der Waals surface area contributed by atoms with Crippen molar-refractivity contribution in [2.75, 3.05) is 19.0 Å². The number of fused-ring (bicyclic) bond motifs is 2. The van der Waals surface area contributed by atoms with Crippen LogP contribution in [-0.4, -0.2) is 39.6 Å². The molecule has 0 saturated heterocycles. The summed E-state index contributed by atoms with van der Waals surface area (Å²) in [6, 6.07) is 3.78. The zero-order valence-electron chi connectivity index (χ0n) is 11.0. The standard InChI is InChI=1S/C13H14N2O4S/c1-15-9-7-11-10(18-3-4-19-11)6-8(9)14-13(15)20-5-2-12(16)17/h6-7H,2-5H2,1H3,(H,16,17). The fourth-order valence-corrected chi connectivity index (χ4v) is 2.98. The van der Waals surface area contributed by atoms with Gasteiger partial charge in [0.25, 0.3) is 0 Å². The maximum atomic E-state index is 10.5. The fourth-order valence-electron chi connectivity index (χ4n) is 2.07. The maximum absolute atomic E-state index is 10.5. The van der Waals surface area contributed by atoms with Crippen LogP contribution in [-0.2, 0) is 11.8 Å². The van der Waals surface area contributed by atoms with Gasteiger partial charge in [0.1, 0.15) is 13.2 Å². The van der Waals surface area contributed by atoms with Crippen LogP contribution in [0.2, 0.25) is 0 Å². The molecular formula is C13H14N2O4S. The number of aromatic nitrogens is 2. The van der Waals surface area contributed by atoms with Crippen LogP contribution in [0.5, 0.6) is 11.5 Å². The molecule has 20 heavy (non-hydrogen) atoms. The summed E-state index contributed by atoms with van der Waals surface area (Å²) >= 11 is 1.43. The van der Waals surface area contributed by atoms with Crippen LogP contribution < -0.4 is 9.47 Å². The van der Waals surface area contributed by atoms with Gasteiger partial charge in [0.05, 0.1) is 17.5 Å². The first-order valence-corrected chi connectivity index (χ1v) is 7.24. The molecule has 1 N–H and O–H groups in total. The molecule has 0 spiro atoms. The molecule has 1 aliphatic heterocycles. The highest BCUT2D eigenvalue weighted by atomic mass is 32.2. The van der Waals surface area contributed by atoms with E-state index in [0.717, 1.165) is 21.9 Å². The molecule has 106 valence electrons. The minimum absolute atomic E-state index is 0.122. The van der Waals surface area contributed by atoms with Crippen LogP contribution in [0.15, 0.2) is 17.3 Å². The van der Waals surface area contributed by atoms with E-state index in [-0.39, 0.29) is 6.42 Å². The maximum Gasteiger partial charge on any atom is 0.304 e. The number of carboxylic acid groups (broad SMARTS) is 1. The van der Waals surface area contributed by atoms with Crippen molar-refractivity contribution in [1.29, 1.82) is 0 Å². The lowest BCUT2D eigenvalue weighted by Gasteiger charge is -2.18. The minimum Gasteiger partial charge on any atom is -0.486 e. The highest BCUT2D eigenvalue weighted by Gasteiger charge is 2.17. The van der Waals surface area contributed by atoms with Gasteiger partial charge in [-0.2, -0.15) is 0 Å². The monoisotopic (exact) mass is 294 g/mol. The number of carboxylic acids is 1. The number of aliphatic carboxylic acids is 1. The first-order valence-electron chi connectivity index (χ1n) is 6.26. The second-order valence-corrected chi connectivity index (χ2v) is 5.49. The molecule has 0 amide bonds. The predicted octanol–water partition coefficient (Wildman–Crippen LogP) is 1.91. The molecule has 2 heterocycles. The Balaban J connectivity index is 1.91. The van der Waals surface area contributed by atoms with E-state index in [4.69, 9.17) is 14.6 Å². The lowest BCUT2D eigenvalue weighted by atomic mass is 10.2. The van der Waals surface area contributed by atoms with Crippen molar-refractivity contribution in [3.05, 3.63) is 12.1 Å². The van der Waals surface area contributed by atoms with E-state index in [1.165, 1.54) is 11.8 Å². The van der Waals surface area contributed by atoms with E-state index in [1.807, 2.05) is 23.7 Å². The van der Waals surface area contributed by atoms with E-state index >= 15 is 0 Å². The molecule has 1 aromatic carbocycles. The quantitative estimate of drug-likeness (QED) is 0.868. The molecule has 1 aliphatic rings. The summed E-state index contributed by atoms with van der Waals surface area (Å²) in [4.78, 5) is 15.1. The number of nitrogens with zero attached hydrogens (tertiary/aromatic N) is 2. The van der Waals surface area contributed by atoms with E-state index in [2.05, 4.69) is 4.98 Å². The Hall–Kier alpha value is -1.89. The number of carbonyl (C=O) groups is 1. The van der Waals surface area contributed by atoms with Crippen molar-refractivity contribution in [2.24, 2.45) is 7.05 Å². The molecule has 3 rings (SSSR count). The highest BCUT2D eigenvalue weighted by molar-refractivity contribution is 7.99. The van der Waals surface area contributed by atoms with Crippen molar-refractivity contribution in [3.63, 3.8) is 0 Å². The average molecular weight is 294 g/mol. The van der Waals surface area contributed by atoms with Crippen LogP contribution in [0.25, 0.3) is 11.0 Å².